The second-order valence-corrected chi connectivity index (χ2v) is 5.28. The smallest absolute Gasteiger partial charge is 0.251 e. The van der Waals surface area contributed by atoms with Crippen molar-refractivity contribution in [1.29, 1.82) is 0 Å². The van der Waals surface area contributed by atoms with Crippen molar-refractivity contribution >= 4 is 34.8 Å². The lowest BCUT2D eigenvalue weighted by Gasteiger charge is -2.09. The Labute approximate surface area is 127 Å². The molecular formula is C15H14Cl2N2O. The Balaban J connectivity index is 2.11. The molecule has 0 saturated carbocycles. The van der Waals surface area contributed by atoms with Gasteiger partial charge in [-0.25, -0.2) is 0 Å². The van der Waals surface area contributed by atoms with E-state index < -0.39 is 0 Å². The Morgan fingerprint density at radius 3 is 2.40 bits per heavy atom. The van der Waals surface area contributed by atoms with Crippen LogP contribution in [0.4, 0.5) is 5.69 Å². The van der Waals surface area contributed by atoms with E-state index in [1.54, 1.807) is 0 Å². The standard InChI is InChI=1S/C15H14Cl2N2O/c1-9-4-2-3-5-10(9)8-19-15(20)11-6-12(16)14(18)13(17)7-11/h2-7H,8,18H2,1H3,(H,19,20). The normalized spacial score (nSPS) is 10.3. The average Bonchev–Trinajstić information content (AvgIpc) is 2.43. The summed E-state index contributed by atoms with van der Waals surface area (Å²) in [6.45, 7) is 2.45. The van der Waals surface area contributed by atoms with Gasteiger partial charge in [-0.15, -0.1) is 0 Å². The fraction of sp³-hybridized carbons (Fsp3) is 0.133. The summed E-state index contributed by atoms with van der Waals surface area (Å²) in [5.41, 5.74) is 8.50. The number of benzene rings is 2. The Hall–Kier alpha value is -1.71. The van der Waals surface area contributed by atoms with Crippen LogP contribution < -0.4 is 11.1 Å². The molecule has 2 aromatic carbocycles. The number of amides is 1. The first kappa shape index (κ1) is 14.7. The molecule has 0 heterocycles. The topological polar surface area (TPSA) is 55.1 Å². The number of carbonyl (C=O) groups excluding carboxylic acids is 1. The highest BCUT2D eigenvalue weighted by Crippen LogP contribution is 2.28. The maximum absolute atomic E-state index is 12.1. The van der Waals surface area contributed by atoms with Gasteiger partial charge in [0.05, 0.1) is 15.7 Å². The fourth-order valence-corrected chi connectivity index (χ4v) is 2.29. The van der Waals surface area contributed by atoms with Crippen LogP contribution >= 0.6 is 23.2 Å². The molecule has 20 heavy (non-hydrogen) atoms. The lowest BCUT2D eigenvalue weighted by Crippen LogP contribution is -2.23. The highest BCUT2D eigenvalue weighted by atomic mass is 35.5. The molecule has 0 aliphatic heterocycles. The summed E-state index contributed by atoms with van der Waals surface area (Å²) in [5, 5.41) is 3.39. The number of carbonyl (C=O) groups is 1. The summed E-state index contributed by atoms with van der Waals surface area (Å²) in [5.74, 6) is -0.239. The van der Waals surface area contributed by atoms with Gasteiger partial charge in [-0.3, -0.25) is 4.79 Å². The minimum Gasteiger partial charge on any atom is -0.396 e. The zero-order chi connectivity index (χ0) is 14.7. The zero-order valence-electron chi connectivity index (χ0n) is 10.9. The summed E-state index contributed by atoms with van der Waals surface area (Å²) in [6, 6.07) is 10.9. The van der Waals surface area contributed by atoms with Crippen LogP contribution in [0, 0.1) is 6.92 Å². The third-order valence-electron chi connectivity index (χ3n) is 3.04. The molecule has 2 aromatic rings. The summed E-state index contributed by atoms with van der Waals surface area (Å²) in [4.78, 5) is 12.1. The van der Waals surface area contributed by atoms with E-state index in [1.807, 2.05) is 31.2 Å². The number of nitrogen functional groups attached to an aromatic ring is 1. The number of hydrogen-bond acceptors (Lipinski definition) is 2. The molecule has 0 bridgehead atoms. The molecule has 1 amide bonds. The van der Waals surface area contributed by atoms with Gasteiger partial charge in [0.2, 0.25) is 0 Å². The second-order valence-electron chi connectivity index (χ2n) is 4.46. The van der Waals surface area contributed by atoms with Gasteiger partial charge in [0, 0.05) is 12.1 Å². The SMILES string of the molecule is Cc1ccccc1CNC(=O)c1cc(Cl)c(N)c(Cl)c1. The van der Waals surface area contributed by atoms with Gasteiger partial charge >= 0.3 is 0 Å². The Kier molecular flexibility index (Phi) is 4.53. The summed E-state index contributed by atoms with van der Waals surface area (Å²) in [6.07, 6.45) is 0. The van der Waals surface area contributed by atoms with Crippen LogP contribution in [0.2, 0.25) is 10.0 Å². The van der Waals surface area contributed by atoms with Crippen molar-refractivity contribution in [2.24, 2.45) is 0 Å². The van der Waals surface area contributed by atoms with Crippen LogP contribution in [-0.2, 0) is 6.54 Å². The molecule has 104 valence electrons. The average molecular weight is 309 g/mol. The van der Waals surface area contributed by atoms with Crippen LogP contribution in [-0.4, -0.2) is 5.91 Å². The monoisotopic (exact) mass is 308 g/mol. The maximum Gasteiger partial charge on any atom is 0.251 e. The summed E-state index contributed by atoms with van der Waals surface area (Å²) < 4.78 is 0. The lowest BCUT2D eigenvalue weighted by molar-refractivity contribution is 0.0951. The van der Waals surface area contributed by atoms with Gasteiger partial charge in [0.1, 0.15) is 0 Å². The molecule has 0 aliphatic rings. The Morgan fingerprint density at radius 2 is 1.80 bits per heavy atom. The fourth-order valence-electron chi connectivity index (χ4n) is 1.80. The molecule has 0 radical (unpaired) electrons. The van der Waals surface area contributed by atoms with Gasteiger partial charge in [-0.05, 0) is 30.2 Å². The van der Waals surface area contributed by atoms with Crippen molar-refractivity contribution in [1.82, 2.24) is 5.32 Å². The van der Waals surface area contributed by atoms with E-state index >= 15 is 0 Å². The van der Waals surface area contributed by atoms with Crippen molar-refractivity contribution in [2.45, 2.75) is 13.5 Å². The van der Waals surface area contributed by atoms with Crippen LogP contribution in [0.3, 0.4) is 0 Å². The maximum atomic E-state index is 12.1. The van der Waals surface area contributed by atoms with E-state index in [9.17, 15) is 4.79 Å². The van der Waals surface area contributed by atoms with E-state index in [-0.39, 0.29) is 21.6 Å². The molecule has 0 aliphatic carbocycles. The predicted molar refractivity (Wildman–Crippen MR) is 83.2 cm³/mol. The van der Waals surface area contributed by atoms with E-state index in [1.165, 1.54) is 12.1 Å². The third kappa shape index (κ3) is 3.24. The van der Waals surface area contributed by atoms with E-state index in [4.69, 9.17) is 28.9 Å². The van der Waals surface area contributed by atoms with Crippen molar-refractivity contribution in [3.63, 3.8) is 0 Å². The van der Waals surface area contributed by atoms with Gasteiger partial charge < -0.3 is 11.1 Å². The van der Waals surface area contributed by atoms with Crippen LogP contribution in [0.1, 0.15) is 21.5 Å². The predicted octanol–water partition coefficient (Wildman–Crippen LogP) is 3.81. The van der Waals surface area contributed by atoms with Crippen molar-refractivity contribution < 1.29 is 4.79 Å². The van der Waals surface area contributed by atoms with Crippen molar-refractivity contribution in [3.8, 4) is 0 Å². The van der Waals surface area contributed by atoms with Crippen LogP contribution in [0.5, 0.6) is 0 Å². The second kappa shape index (κ2) is 6.16. The van der Waals surface area contributed by atoms with Gasteiger partial charge in [0.15, 0.2) is 0 Å². The van der Waals surface area contributed by atoms with E-state index in [2.05, 4.69) is 5.32 Å². The Bertz CT molecular complexity index is 633. The molecular weight excluding hydrogens is 295 g/mol. The zero-order valence-corrected chi connectivity index (χ0v) is 12.4. The van der Waals surface area contributed by atoms with Crippen molar-refractivity contribution in [3.05, 3.63) is 63.1 Å². The van der Waals surface area contributed by atoms with Gasteiger partial charge in [-0.2, -0.15) is 0 Å². The van der Waals surface area contributed by atoms with Gasteiger partial charge in [-0.1, -0.05) is 47.5 Å². The molecule has 2 rings (SSSR count). The third-order valence-corrected chi connectivity index (χ3v) is 3.67. The highest BCUT2D eigenvalue weighted by Gasteiger charge is 2.11. The van der Waals surface area contributed by atoms with Crippen molar-refractivity contribution in [2.75, 3.05) is 5.73 Å². The Morgan fingerprint density at radius 1 is 1.20 bits per heavy atom. The molecule has 0 fully saturated rings. The summed E-state index contributed by atoms with van der Waals surface area (Å²) in [7, 11) is 0. The number of rotatable bonds is 3. The molecule has 0 saturated heterocycles. The number of aryl methyl sites for hydroxylation is 1. The molecule has 0 atom stereocenters. The highest BCUT2D eigenvalue weighted by molar-refractivity contribution is 6.39. The number of nitrogens with two attached hydrogens (primary N) is 1. The first-order valence-corrected chi connectivity index (χ1v) is 6.82. The molecule has 3 nitrogen and oxygen atoms in total. The minimum atomic E-state index is -0.239. The summed E-state index contributed by atoms with van der Waals surface area (Å²) >= 11 is 11.8. The number of hydrogen-bond donors (Lipinski definition) is 2. The molecule has 3 N–H and O–H groups in total. The lowest BCUT2D eigenvalue weighted by atomic mass is 10.1. The molecule has 0 aromatic heterocycles. The number of halogens is 2. The minimum absolute atomic E-state index is 0.239. The molecule has 5 heteroatoms. The number of anilines is 1. The van der Waals surface area contributed by atoms with E-state index in [0.29, 0.717) is 12.1 Å². The van der Waals surface area contributed by atoms with E-state index in [0.717, 1.165) is 11.1 Å². The molecule has 0 spiro atoms. The van der Waals surface area contributed by atoms with Crippen LogP contribution in [0.25, 0.3) is 0 Å². The van der Waals surface area contributed by atoms with Gasteiger partial charge in [0.25, 0.3) is 5.91 Å². The number of nitrogens with one attached hydrogen (secondary N) is 1. The van der Waals surface area contributed by atoms with Crippen LogP contribution in [0.15, 0.2) is 36.4 Å². The first-order valence-electron chi connectivity index (χ1n) is 6.06. The molecule has 0 unspecified atom stereocenters. The first-order chi connectivity index (χ1) is 9.49. The largest absolute Gasteiger partial charge is 0.396 e. The quantitative estimate of drug-likeness (QED) is 0.847.